The molecule has 3 rings (SSSR count). The molecule has 2 amide bonds. The average molecular weight is 387 g/mol. The van der Waals surface area contributed by atoms with Crippen molar-refractivity contribution in [2.75, 3.05) is 23.7 Å². The normalized spacial score (nSPS) is 10.6. The van der Waals surface area contributed by atoms with E-state index < -0.39 is 17.7 Å². The summed E-state index contributed by atoms with van der Waals surface area (Å²) in [6.45, 7) is 4.30. The van der Waals surface area contributed by atoms with Gasteiger partial charge in [-0.15, -0.1) is 0 Å². The first-order valence-electron chi connectivity index (χ1n) is 8.52. The van der Waals surface area contributed by atoms with Gasteiger partial charge in [-0.2, -0.15) is 0 Å². The van der Waals surface area contributed by atoms with E-state index in [-0.39, 0.29) is 12.2 Å². The number of hydrogen-bond acceptors (Lipinski definition) is 5. The van der Waals surface area contributed by atoms with Crippen LogP contribution in [0.4, 0.5) is 25.1 Å². The van der Waals surface area contributed by atoms with Gasteiger partial charge in [0.1, 0.15) is 34.9 Å². The molecular formula is C18H19F2N7O. The number of rotatable bonds is 6. The highest BCUT2D eigenvalue weighted by Gasteiger charge is 2.08. The zero-order valence-electron chi connectivity index (χ0n) is 15.3. The Bertz CT molecular complexity index is 990. The molecule has 0 aliphatic rings. The fourth-order valence-electron chi connectivity index (χ4n) is 2.51. The number of imidazole rings is 1. The number of aromatic nitrogens is 4. The van der Waals surface area contributed by atoms with Gasteiger partial charge < -0.3 is 16.0 Å². The van der Waals surface area contributed by atoms with E-state index in [1.165, 1.54) is 0 Å². The molecule has 0 saturated carbocycles. The van der Waals surface area contributed by atoms with E-state index in [2.05, 4.69) is 30.9 Å². The number of anilines is 2. The summed E-state index contributed by atoms with van der Waals surface area (Å²) < 4.78 is 28.2. The second kappa shape index (κ2) is 8.42. The molecule has 8 nitrogen and oxygen atoms in total. The van der Waals surface area contributed by atoms with Crippen LogP contribution in [0.1, 0.15) is 11.6 Å². The predicted octanol–water partition coefficient (Wildman–Crippen LogP) is 2.79. The van der Waals surface area contributed by atoms with E-state index in [0.29, 0.717) is 30.1 Å². The van der Waals surface area contributed by atoms with Crippen molar-refractivity contribution < 1.29 is 13.6 Å². The van der Waals surface area contributed by atoms with Crippen molar-refractivity contribution in [3.05, 3.63) is 59.9 Å². The van der Waals surface area contributed by atoms with Crippen molar-refractivity contribution in [2.45, 2.75) is 13.8 Å². The number of amides is 2. The Morgan fingerprint density at radius 1 is 1.14 bits per heavy atom. The van der Waals surface area contributed by atoms with Gasteiger partial charge >= 0.3 is 6.03 Å². The molecule has 0 bridgehead atoms. The highest BCUT2D eigenvalue weighted by Crippen LogP contribution is 2.15. The van der Waals surface area contributed by atoms with Crippen LogP contribution in [-0.2, 0) is 0 Å². The van der Waals surface area contributed by atoms with Gasteiger partial charge in [0.25, 0.3) is 0 Å². The van der Waals surface area contributed by atoms with E-state index >= 15 is 0 Å². The molecule has 0 saturated heterocycles. The number of nitrogens with one attached hydrogen (secondary N) is 3. The van der Waals surface area contributed by atoms with Gasteiger partial charge in [0, 0.05) is 37.6 Å². The summed E-state index contributed by atoms with van der Waals surface area (Å²) in [5.41, 5.74) is -0.0985. The third-order valence-corrected chi connectivity index (χ3v) is 3.79. The van der Waals surface area contributed by atoms with Crippen LogP contribution >= 0.6 is 0 Å². The van der Waals surface area contributed by atoms with Crippen LogP contribution in [0.5, 0.6) is 0 Å². The van der Waals surface area contributed by atoms with Crippen LogP contribution in [0.2, 0.25) is 0 Å². The molecule has 3 N–H and O–H groups in total. The summed E-state index contributed by atoms with van der Waals surface area (Å²) in [6, 6.07) is 4.10. The van der Waals surface area contributed by atoms with Crippen LogP contribution in [0, 0.1) is 25.5 Å². The second-order valence-electron chi connectivity index (χ2n) is 5.93. The summed E-state index contributed by atoms with van der Waals surface area (Å²) in [7, 11) is 0. The minimum Gasteiger partial charge on any atom is -0.368 e. The standard InChI is InChI=1S/C18H19F2N7O/c1-11-24-16(10-17(25-11)27-8-7-21-12(27)2)22-5-6-23-18(28)26-15-4-3-13(19)9-14(15)20/h3-4,7-10H,5-6H2,1-2H3,(H,22,24,25)(H2,23,26,28). The number of hydrogen-bond donors (Lipinski definition) is 3. The lowest BCUT2D eigenvalue weighted by Gasteiger charge is -2.11. The lowest BCUT2D eigenvalue weighted by molar-refractivity contribution is 0.252. The fraction of sp³-hybridized carbons (Fsp3) is 0.222. The third kappa shape index (κ3) is 4.78. The third-order valence-electron chi connectivity index (χ3n) is 3.79. The molecular weight excluding hydrogens is 368 g/mol. The molecule has 28 heavy (non-hydrogen) atoms. The average Bonchev–Trinajstić information content (AvgIpc) is 3.07. The zero-order valence-corrected chi connectivity index (χ0v) is 15.3. The first-order valence-corrected chi connectivity index (χ1v) is 8.52. The number of benzene rings is 1. The van der Waals surface area contributed by atoms with Crippen molar-refractivity contribution in [3.63, 3.8) is 0 Å². The molecule has 0 aliphatic carbocycles. The summed E-state index contributed by atoms with van der Waals surface area (Å²) in [5.74, 6) is 1.12. The first kappa shape index (κ1) is 19.2. The molecule has 0 aliphatic heterocycles. The van der Waals surface area contributed by atoms with Crippen molar-refractivity contribution in [1.82, 2.24) is 24.8 Å². The number of aryl methyl sites for hydroxylation is 2. The Kier molecular flexibility index (Phi) is 5.78. The number of carbonyl (C=O) groups is 1. The Morgan fingerprint density at radius 3 is 2.68 bits per heavy atom. The Hall–Kier alpha value is -3.56. The molecule has 0 unspecified atom stereocenters. The first-order chi connectivity index (χ1) is 13.4. The van der Waals surface area contributed by atoms with Gasteiger partial charge in [-0.1, -0.05) is 0 Å². The van der Waals surface area contributed by atoms with E-state index in [9.17, 15) is 13.6 Å². The summed E-state index contributed by atoms with van der Waals surface area (Å²) in [4.78, 5) is 24.7. The molecule has 0 fully saturated rings. The van der Waals surface area contributed by atoms with Gasteiger partial charge in [-0.05, 0) is 26.0 Å². The van der Waals surface area contributed by atoms with E-state index in [4.69, 9.17) is 0 Å². The molecule has 10 heteroatoms. The van der Waals surface area contributed by atoms with Gasteiger partial charge in [-0.25, -0.2) is 28.5 Å². The van der Waals surface area contributed by atoms with Gasteiger partial charge in [0.15, 0.2) is 0 Å². The largest absolute Gasteiger partial charge is 0.368 e. The maximum Gasteiger partial charge on any atom is 0.319 e. The molecule has 2 aromatic heterocycles. The molecule has 0 atom stereocenters. The monoisotopic (exact) mass is 387 g/mol. The molecule has 2 heterocycles. The summed E-state index contributed by atoms with van der Waals surface area (Å²) in [6.07, 6.45) is 3.49. The van der Waals surface area contributed by atoms with Gasteiger partial charge in [0.05, 0.1) is 5.69 Å². The zero-order chi connectivity index (χ0) is 20.1. The summed E-state index contributed by atoms with van der Waals surface area (Å²) in [5, 5.41) is 8.00. The second-order valence-corrected chi connectivity index (χ2v) is 5.93. The molecule has 3 aromatic rings. The van der Waals surface area contributed by atoms with Crippen LogP contribution < -0.4 is 16.0 Å². The molecule has 146 valence electrons. The fourth-order valence-corrected chi connectivity index (χ4v) is 2.51. The van der Waals surface area contributed by atoms with Gasteiger partial charge in [-0.3, -0.25) is 4.57 Å². The SMILES string of the molecule is Cc1nc(NCCNC(=O)Nc2ccc(F)cc2F)cc(-n2ccnc2C)n1. The number of nitrogens with zero attached hydrogens (tertiary/aromatic N) is 4. The molecule has 0 spiro atoms. The quantitative estimate of drug-likeness (QED) is 0.565. The minimum atomic E-state index is -0.841. The Balaban J connectivity index is 1.52. The lowest BCUT2D eigenvalue weighted by Crippen LogP contribution is -2.33. The van der Waals surface area contributed by atoms with Crippen LogP contribution in [0.25, 0.3) is 5.82 Å². The maximum atomic E-state index is 13.5. The van der Waals surface area contributed by atoms with Crippen molar-refractivity contribution >= 4 is 17.5 Å². The van der Waals surface area contributed by atoms with Crippen molar-refractivity contribution in [3.8, 4) is 5.82 Å². The molecule has 0 radical (unpaired) electrons. The van der Waals surface area contributed by atoms with E-state index in [1.54, 1.807) is 25.4 Å². The predicted molar refractivity (Wildman–Crippen MR) is 100 cm³/mol. The van der Waals surface area contributed by atoms with Crippen LogP contribution in [0.3, 0.4) is 0 Å². The summed E-state index contributed by atoms with van der Waals surface area (Å²) >= 11 is 0. The number of urea groups is 1. The topological polar surface area (TPSA) is 96.8 Å². The smallest absolute Gasteiger partial charge is 0.319 e. The van der Waals surface area contributed by atoms with Crippen molar-refractivity contribution in [2.24, 2.45) is 0 Å². The highest BCUT2D eigenvalue weighted by atomic mass is 19.1. The number of carbonyl (C=O) groups excluding carboxylic acids is 1. The Labute approximate surface area is 160 Å². The van der Waals surface area contributed by atoms with E-state index in [1.807, 2.05) is 11.5 Å². The van der Waals surface area contributed by atoms with Crippen LogP contribution in [-0.4, -0.2) is 38.6 Å². The lowest BCUT2D eigenvalue weighted by atomic mass is 10.3. The number of halogens is 2. The van der Waals surface area contributed by atoms with Crippen molar-refractivity contribution in [1.29, 1.82) is 0 Å². The van der Waals surface area contributed by atoms with E-state index in [0.717, 1.165) is 18.0 Å². The van der Waals surface area contributed by atoms with Crippen LogP contribution in [0.15, 0.2) is 36.7 Å². The maximum absolute atomic E-state index is 13.5. The minimum absolute atomic E-state index is 0.0985. The highest BCUT2D eigenvalue weighted by molar-refractivity contribution is 5.89. The van der Waals surface area contributed by atoms with Gasteiger partial charge in [0.2, 0.25) is 0 Å². The Morgan fingerprint density at radius 2 is 1.96 bits per heavy atom. The molecule has 1 aromatic carbocycles.